The quantitative estimate of drug-likeness (QED) is 0.225. The number of pyridine rings is 1. The van der Waals surface area contributed by atoms with Crippen LogP contribution in [-0.2, 0) is 9.63 Å². The highest BCUT2D eigenvalue weighted by atomic mass is 16.7. The van der Waals surface area contributed by atoms with Gasteiger partial charge in [0.05, 0.1) is 16.8 Å². The summed E-state index contributed by atoms with van der Waals surface area (Å²) in [6, 6.07) is 16.8. The molecular formula is C20H16N4O3. The normalized spacial score (nSPS) is 11.8. The lowest BCUT2D eigenvalue weighted by Gasteiger charge is -2.04. The van der Waals surface area contributed by atoms with Gasteiger partial charge in [0.15, 0.2) is 11.7 Å². The van der Waals surface area contributed by atoms with Crippen LogP contribution in [0.2, 0.25) is 0 Å². The summed E-state index contributed by atoms with van der Waals surface area (Å²) in [5.41, 5.74) is 9.20. The van der Waals surface area contributed by atoms with Gasteiger partial charge in [0.25, 0.3) is 0 Å². The van der Waals surface area contributed by atoms with E-state index in [0.29, 0.717) is 16.8 Å². The summed E-state index contributed by atoms with van der Waals surface area (Å²) in [5.74, 6) is -0.481. The number of H-pyrrole nitrogens is 1. The molecule has 0 aliphatic heterocycles. The molecule has 2 aromatic carbocycles. The second-order valence-corrected chi connectivity index (χ2v) is 6.06. The van der Waals surface area contributed by atoms with Crippen LogP contribution in [0, 0.1) is 0 Å². The Morgan fingerprint density at radius 2 is 2.00 bits per heavy atom. The monoisotopic (exact) mass is 360 g/mol. The molecule has 0 aliphatic carbocycles. The number of carbonyl (C=O) groups excluding carboxylic acids is 1. The maximum atomic E-state index is 10.9. The van der Waals surface area contributed by atoms with Gasteiger partial charge in [-0.25, -0.2) is 9.78 Å². The van der Waals surface area contributed by atoms with Gasteiger partial charge in [-0.15, -0.1) is 0 Å². The van der Waals surface area contributed by atoms with Crippen LogP contribution in [0.1, 0.15) is 12.5 Å². The third-order valence-electron chi connectivity index (χ3n) is 4.20. The van der Waals surface area contributed by atoms with Crippen molar-refractivity contribution in [2.24, 2.45) is 10.9 Å². The van der Waals surface area contributed by atoms with Crippen molar-refractivity contribution in [1.82, 2.24) is 9.97 Å². The number of hydrogen-bond donors (Lipinski definition) is 3. The molecule has 4 rings (SSSR count). The van der Waals surface area contributed by atoms with Gasteiger partial charge < -0.3 is 20.7 Å². The molecule has 134 valence electrons. The highest BCUT2D eigenvalue weighted by Crippen LogP contribution is 2.36. The zero-order valence-corrected chi connectivity index (χ0v) is 14.4. The number of hydrogen-bond acceptors (Lipinski definition) is 5. The zero-order valence-electron chi connectivity index (χ0n) is 14.4. The van der Waals surface area contributed by atoms with E-state index in [1.54, 1.807) is 18.2 Å². The molecule has 0 fully saturated rings. The second kappa shape index (κ2) is 6.45. The van der Waals surface area contributed by atoms with Gasteiger partial charge in [0, 0.05) is 28.8 Å². The number of rotatable bonds is 3. The molecule has 4 N–H and O–H groups in total. The molecule has 0 bridgehead atoms. The summed E-state index contributed by atoms with van der Waals surface area (Å²) in [4.78, 5) is 23.1. The van der Waals surface area contributed by atoms with E-state index in [0.717, 1.165) is 21.8 Å². The molecular weight excluding hydrogens is 344 g/mol. The number of aromatic nitrogens is 2. The standard InChI is InChI=1S/C20H16N4O3/c1-11(25)27-24-19(21)13-7-8-16-14(10-13)18(20(26)23-16)17-9-6-12-4-2-3-5-15(12)22-17/h2-10,23,26H,1H3,(H2,21,24). The smallest absolute Gasteiger partial charge is 0.332 e. The fraction of sp³-hybridized carbons (Fsp3) is 0.0500. The lowest BCUT2D eigenvalue weighted by atomic mass is 10.0. The Kier molecular flexibility index (Phi) is 3.97. The number of oxime groups is 1. The molecule has 0 atom stereocenters. The van der Waals surface area contributed by atoms with Crippen LogP contribution in [0.25, 0.3) is 33.1 Å². The molecule has 4 aromatic rings. The summed E-state index contributed by atoms with van der Waals surface area (Å²) in [5, 5.41) is 15.8. The summed E-state index contributed by atoms with van der Waals surface area (Å²) in [6.07, 6.45) is 0. The van der Waals surface area contributed by atoms with Gasteiger partial charge in [-0.1, -0.05) is 29.4 Å². The first kappa shape index (κ1) is 16.6. The Labute approximate surface area is 154 Å². The molecule has 0 radical (unpaired) electrons. The minimum absolute atomic E-state index is 0.0143. The number of nitrogens with one attached hydrogen (secondary N) is 1. The molecule has 2 aromatic heterocycles. The van der Waals surface area contributed by atoms with Gasteiger partial charge in [0.2, 0.25) is 0 Å². The van der Waals surface area contributed by atoms with Crippen molar-refractivity contribution in [2.75, 3.05) is 0 Å². The summed E-state index contributed by atoms with van der Waals surface area (Å²) >= 11 is 0. The highest BCUT2D eigenvalue weighted by molar-refractivity contribution is 6.05. The topological polar surface area (TPSA) is 114 Å². The molecule has 7 nitrogen and oxygen atoms in total. The van der Waals surface area contributed by atoms with Crippen LogP contribution < -0.4 is 5.73 Å². The lowest BCUT2D eigenvalue weighted by Crippen LogP contribution is -2.14. The van der Waals surface area contributed by atoms with Crippen molar-refractivity contribution in [1.29, 1.82) is 0 Å². The van der Waals surface area contributed by atoms with Crippen LogP contribution in [0.5, 0.6) is 5.88 Å². The number of nitrogens with two attached hydrogens (primary N) is 1. The fourth-order valence-corrected chi connectivity index (χ4v) is 2.97. The third kappa shape index (κ3) is 3.06. The maximum Gasteiger partial charge on any atom is 0.332 e. The van der Waals surface area contributed by atoms with Crippen molar-refractivity contribution in [3.05, 3.63) is 60.2 Å². The van der Waals surface area contributed by atoms with Crippen LogP contribution >= 0.6 is 0 Å². The number of carbonyl (C=O) groups is 1. The molecule has 2 heterocycles. The molecule has 0 saturated carbocycles. The number of nitrogens with zero attached hydrogens (tertiary/aromatic N) is 2. The number of fused-ring (bicyclic) bond motifs is 2. The minimum atomic E-state index is -0.556. The van der Waals surface area contributed by atoms with Crippen molar-refractivity contribution < 1.29 is 14.7 Å². The van der Waals surface area contributed by atoms with E-state index in [9.17, 15) is 9.90 Å². The molecule has 27 heavy (non-hydrogen) atoms. The van der Waals surface area contributed by atoms with E-state index >= 15 is 0 Å². The Hall–Kier alpha value is -3.87. The van der Waals surface area contributed by atoms with Gasteiger partial charge in [0.1, 0.15) is 0 Å². The van der Waals surface area contributed by atoms with Crippen LogP contribution in [0.3, 0.4) is 0 Å². The molecule has 0 aliphatic rings. The molecule has 7 heteroatoms. The zero-order chi connectivity index (χ0) is 19.0. The Balaban J connectivity index is 1.86. The number of para-hydroxylation sites is 1. The Bertz CT molecular complexity index is 1210. The van der Waals surface area contributed by atoms with Crippen LogP contribution in [0.15, 0.2) is 59.8 Å². The third-order valence-corrected chi connectivity index (χ3v) is 4.20. The van der Waals surface area contributed by atoms with E-state index in [1.165, 1.54) is 6.92 Å². The summed E-state index contributed by atoms with van der Waals surface area (Å²) in [6.45, 7) is 1.24. The Morgan fingerprint density at radius 1 is 1.19 bits per heavy atom. The van der Waals surface area contributed by atoms with E-state index in [1.807, 2.05) is 36.4 Å². The maximum absolute atomic E-state index is 10.9. The molecule has 0 unspecified atom stereocenters. The van der Waals surface area contributed by atoms with Gasteiger partial charge in [-0.3, -0.25) is 0 Å². The number of amidine groups is 1. The van der Waals surface area contributed by atoms with Crippen LogP contribution in [0.4, 0.5) is 0 Å². The average molecular weight is 360 g/mol. The van der Waals surface area contributed by atoms with E-state index < -0.39 is 5.97 Å². The number of aromatic amines is 1. The first-order valence-electron chi connectivity index (χ1n) is 8.25. The molecule has 0 spiro atoms. The predicted molar refractivity (Wildman–Crippen MR) is 103 cm³/mol. The number of benzene rings is 2. The summed E-state index contributed by atoms with van der Waals surface area (Å²) in [7, 11) is 0. The first-order valence-corrected chi connectivity index (χ1v) is 8.25. The van der Waals surface area contributed by atoms with Gasteiger partial charge in [-0.2, -0.15) is 0 Å². The largest absolute Gasteiger partial charge is 0.494 e. The molecule has 0 saturated heterocycles. The average Bonchev–Trinajstić information content (AvgIpc) is 3.00. The van der Waals surface area contributed by atoms with Crippen molar-refractivity contribution in [3.63, 3.8) is 0 Å². The van der Waals surface area contributed by atoms with E-state index in [2.05, 4.69) is 20.0 Å². The predicted octanol–water partition coefficient (Wildman–Crippen LogP) is 3.27. The van der Waals surface area contributed by atoms with Crippen molar-refractivity contribution in [2.45, 2.75) is 6.92 Å². The van der Waals surface area contributed by atoms with Crippen LogP contribution in [-0.4, -0.2) is 26.9 Å². The van der Waals surface area contributed by atoms with Crippen molar-refractivity contribution >= 4 is 33.6 Å². The van der Waals surface area contributed by atoms with E-state index in [-0.39, 0.29) is 11.7 Å². The van der Waals surface area contributed by atoms with Gasteiger partial charge >= 0.3 is 5.97 Å². The highest BCUT2D eigenvalue weighted by Gasteiger charge is 2.16. The van der Waals surface area contributed by atoms with Crippen molar-refractivity contribution in [3.8, 4) is 17.1 Å². The molecule has 0 amide bonds. The SMILES string of the molecule is CC(=O)O/N=C(\N)c1ccc2[nH]c(O)c(-c3ccc4ccccc4n3)c2c1. The lowest BCUT2D eigenvalue weighted by molar-refractivity contribution is -0.140. The van der Waals surface area contributed by atoms with E-state index in [4.69, 9.17) is 5.73 Å². The Morgan fingerprint density at radius 3 is 2.81 bits per heavy atom. The summed E-state index contributed by atoms with van der Waals surface area (Å²) < 4.78 is 0. The van der Waals surface area contributed by atoms with Gasteiger partial charge in [-0.05, 0) is 30.3 Å². The first-order chi connectivity index (χ1) is 13.0. The number of aromatic hydroxyl groups is 1. The fourth-order valence-electron chi connectivity index (χ4n) is 2.97. The second-order valence-electron chi connectivity index (χ2n) is 6.06. The minimum Gasteiger partial charge on any atom is -0.494 e.